The molecule has 5 heteroatoms. The highest BCUT2D eigenvalue weighted by Gasteiger charge is 2.02. The number of carbonyl (C=O) groups is 1. The van der Waals surface area contributed by atoms with Gasteiger partial charge in [-0.05, 0) is 31.2 Å². The van der Waals surface area contributed by atoms with Gasteiger partial charge in [0.15, 0.2) is 0 Å². The van der Waals surface area contributed by atoms with Crippen molar-refractivity contribution in [3.05, 3.63) is 36.4 Å². The molecule has 0 aromatic heterocycles. The van der Waals surface area contributed by atoms with E-state index in [1.165, 1.54) is 0 Å². The summed E-state index contributed by atoms with van der Waals surface area (Å²) >= 11 is 4.06. The number of carbonyl (C=O) groups excluding carboxylic acids is 1. The van der Waals surface area contributed by atoms with Gasteiger partial charge in [-0.3, -0.25) is 0 Å². The Bertz CT molecular complexity index is 414. The molecule has 0 bridgehead atoms. The summed E-state index contributed by atoms with van der Waals surface area (Å²) in [7, 11) is 0. The van der Waals surface area contributed by atoms with Crippen molar-refractivity contribution in [1.29, 1.82) is 0 Å². The average Bonchev–Trinajstić information content (AvgIpc) is 2.42. The number of benzene rings is 1. The lowest BCUT2D eigenvalue weighted by molar-refractivity contribution is -0.139. The topological polar surface area (TPSA) is 44.8 Å². The van der Waals surface area contributed by atoms with Gasteiger partial charge < -0.3 is 14.2 Å². The Balaban J connectivity index is 2.26. The SMILES string of the molecule is C=C(C)C(=O)OCCOc1ccc(OCCS)cc1. The number of hydrogen-bond acceptors (Lipinski definition) is 5. The molecule has 0 aliphatic rings. The largest absolute Gasteiger partial charge is 0.493 e. The molecule has 0 fully saturated rings. The first kappa shape index (κ1) is 15.4. The quantitative estimate of drug-likeness (QED) is 0.344. The molecule has 0 spiro atoms. The van der Waals surface area contributed by atoms with Crippen molar-refractivity contribution >= 4 is 18.6 Å². The Labute approximate surface area is 118 Å². The third-order valence-corrected chi connectivity index (χ3v) is 2.30. The lowest BCUT2D eigenvalue weighted by atomic mass is 10.3. The van der Waals surface area contributed by atoms with Crippen molar-refractivity contribution in [1.82, 2.24) is 0 Å². The monoisotopic (exact) mass is 282 g/mol. The highest BCUT2D eigenvalue weighted by Crippen LogP contribution is 2.17. The molecule has 1 aromatic carbocycles. The van der Waals surface area contributed by atoms with E-state index in [0.29, 0.717) is 30.3 Å². The van der Waals surface area contributed by atoms with Crippen LogP contribution >= 0.6 is 12.6 Å². The van der Waals surface area contributed by atoms with Crippen LogP contribution in [0.4, 0.5) is 0 Å². The van der Waals surface area contributed by atoms with E-state index in [-0.39, 0.29) is 6.61 Å². The molecule has 0 aliphatic heterocycles. The first-order chi connectivity index (χ1) is 9.13. The second-order valence-electron chi connectivity index (χ2n) is 3.81. The fourth-order valence-corrected chi connectivity index (χ4v) is 1.30. The van der Waals surface area contributed by atoms with Crippen molar-refractivity contribution in [2.24, 2.45) is 0 Å². The molecule has 4 nitrogen and oxygen atoms in total. The molecule has 1 rings (SSSR count). The molecule has 0 N–H and O–H groups in total. The van der Waals surface area contributed by atoms with Crippen molar-refractivity contribution < 1.29 is 19.0 Å². The number of ether oxygens (including phenoxy) is 3. The van der Waals surface area contributed by atoms with E-state index in [4.69, 9.17) is 14.2 Å². The molecule has 0 saturated carbocycles. The van der Waals surface area contributed by atoms with Crippen LogP contribution in [-0.2, 0) is 9.53 Å². The molecule has 0 unspecified atom stereocenters. The third-order valence-electron chi connectivity index (χ3n) is 2.12. The highest BCUT2D eigenvalue weighted by molar-refractivity contribution is 7.80. The van der Waals surface area contributed by atoms with E-state index < -0.39 is 5.97 Å². The zero-order valence-electron chi connectivity index (χ0n) is 10.9. The summed E-state index contributed by atoms with van der Waals surface area (Å²) in [5, 5.41) is 0. The van der Waals surface area contributed by atoms with Gasteiger partial charge in [0.05, 0.1) is 6.61 Å². The Kier molecular flexibility index (Phi) is 6.89. The van der Waals surface area contributed by atoms with E-state index in [1.807, 2.05) is 12.1 Å². The normalized spacial score (nSPS) is 9.79. The molecule has 0 saturated heterocycles. The molecular formula is C14H18O4S. The van der Waals surface area contributed by atoms with Gasteiger partial charge in [-0.1, -0.05) is 6.58 Å². The highest BCUT2D eigenvalue weighted by atomic mass is 32.1. The fraction of sp³-hybridized carbons (Fsp3) is 0.357. The predicted molar refractivity (Wildman–Crippen MR) is 77.1 cm³/mol. The Morgan fingerprint density at radius 2 is 1.63 bits per heavy atom. The minimum Gasteiger partial charge on any atom is -0.493 e. The van der Waals surface area contributed by atoms with E-state index in [1.54, 1.807) is 19.1 Å². The Morgan fingerprint density at radius 3 is 2.11 bits per heavy atom. The molecule has 0 atom stereocenters. The fourth-order valence-electron chi connectivity index (χ4n) is 1.21. The number of esters is 1. The van der Waals surface area contributed by atoms with Crippen molar-refractivity contribution in [3.63, 3.8) is 0 Å². The molecule has 19 heavy (non-hydrogen) atoms. The van der Waals surface area contributed by atoms with Gasteiger partial charge in [0.2, 0.25) is 0 Å². The first-order valence-electron chi connectivity index (χ1n) is 5.92. The zero-order chi connectivity index (χ0) is 14.1. The van der Waals surface area contributed by atoms with Gasteiger partial charge in [0.1, 0.15) is 24.7 Å². The second kappa shape index (κ2) is 8.48. The van der Waals surface area contributed by atoms with Gasteiger partial charge in [-0.25, -0.2) is 4.79 Å². The van der Waals surface area contributed by atoms with Gasteiger partial charge in [-0.2, -0.15) is 12.6 Å². The summed E-state index contributed by atoms with van der Waals surface area (Å²) in [6.07, 6.45) is 0. The van der Waals surface area contributed by atoms with E-state index >= 15 is 0 Å². The predicted octanol–water partition coefficient (Wildman–Crippen LogP) is 2.49. The van der Waals surface area contributed by atoms with Crippen LogP contribution in [0.15, 0.2) is 36.4 Å². The maximum atomic E-state index is 11.1. The van der Waals surface area contributed by atoms with Crippen LogP contribution in [0.25, 0.3) is 0 Å². The summed E-state index contributed by atoms with van der Waals surface area (Å²) in [5.41, 5.74) is 0.380. The maximum absolute atomic E-state index is 11.1. The zero-order valence-corrected chi connectivity index (χ0v) is 11.8. The van der Waals surface area contributed by atoms with Gasteiger partial charge in [-0.15, -0.1) is 0 Å². The summed E-state index contributed by atoms with van der Waals surface area (Å²) < 4.78 is 15.7. The van der Waals surface area contributed by atoms with Crippen LogP contribution < -0.4 is 9.47 Å². The number of rotatable bonds is 8. The van der Waals surface area contributed by atoms with Crippen molar-refractivity contribution in [2.75, 3.05) is 25.6 Å². The summed E-state index contributed by atoms with van der Waals surface area (Å²) in [4.78, 5) is 11.1. The van der Waals surface area contributed by atoms with Gasteiger partial charge in [0, 0.05) is 11.3 Å². The molecule has 1 aromatic rings. The number of hydrogen-bond donors (Lipinski definition) is 1. The smallest absolute Gasteiger partial charge is 0.333 e. The standard InChI is InChI=1S/C14H18O4S/c1-11(2)14(15)18-8-7-16-12-3-5-13(6-4-12)17-9-10-19/h3-6,19H,1,7-10H2,2H3. The minimum absolute atomic E-state index is 0.198. The lowest BCUT2D eigenvalue weighted by Crippen LogP contribution is -2.12. The van der Waals surface area contributed by atoms with E-state index in [9.17, 15) is 4.79 Å². The lowest BCUT2D eigenvalue weighted by Gasteiger charge is -2.08. The van der Waals surface area contributed by atoms with Gasteiger partial charge >= 0.3 is 5.97 Å². The summed E-state index contributed by atoms with van der Waals surface area (Å²) in [6.45, 7) is 6.16. The molecular weight excluding hydrogens is 264 g/mol. The van der Waals surface area contributed by atoms with Crippen LogP contribution in [0, 0.1) is 0 Å². The molecule has 0 aliphatic carbocycles. The van der Waals surface area contributed by atoms with E-state index in [0.717, 1.165) is 5.75 Å². The second-order valence-corrected chi connectivity index (χ2v) is 4.26. The summed E-state index contributed by atoms with van der Waals surface area (Å²) in [6, 6.07) is 7.24. The molecule has 104 valence electrons. The third kappa shape index (κ3) is 6.20. The van der Waals surface area contributed by atoms with Crippen LogP contribution in [0.1, 0.15) is 6.92 Å². The maximum Gasteiger partial charge on any atom is 0.333 e. The van der Waals surface area contributed by atoms with Crippen LogP contribution in [0.2, 0.25) is 0 Å². The average molecular weight is 282 g/mol. The molecule has 0 radical (unpaired) electrons. The Hall–Kier alpha value is -1.62. The summed E-state index contributed by atoms with van der Waals surface area (Å²) in [5.74, 6) is 1.74. The van der Waals surface area contributed by atoms with Crippen molar-refractivity contribution in [3.8, 4) is 11.5 Å². The van der Waals surface area contributed by atoms with E-state index in [2.05, 4.69) is 19.2 Å². The van der Waals surface area contributed by atoms with Crippen LogP contribution in [-0.4, -0.2) is 31.5 Å². The number of thiol groups is 1. The first-order valence-corrected chi connectivity index (χ1v) is 6.56. The van der Waals surface area contributed by atoms with Gasteiger partial charge in [0.25, 0.3) is 0 Å². The van der Waals surface area contributed by atoms with Crippen LogP contribution in [0.3, 0.4) is 0 Å². The Morgan fingerprint density at radius 1 is 1.11 bits per heavy atom. The minimum atomic E-state index is -0.404. The molecule has 0 heterocycles. The van der Waals surface area contributed by atoms with Crippen LogP contribution in [0.5, 0.6) is 11.5 Å². The van der Waals surface area contributed by atoms with Crippen molar-refractivity contribution in [2.45, 2.75) is 6.92 Å². The molecule has 0 amide bonds.